The van der Waals surface area contributed by atoms with Gasteiger partial charge in [0.1, 0.15) is 28.6 Å². The van der Waals surface area contributed by atoms with Gasteiger partial charge in [0, 0.05) is 17.8 Å². The molecule has 0 atom stereocenters. The first-order valence-corrected chi connectivity index (χ1v) is 10.8. The fourth-order valence-electron chi connectivity index (χ4n) is 4.01. The molecule has 0 spiro atoms. The molecule has 0 bridgehead atoms. The maximum Gasteiger partial charge on any atom is 0.337 e. The molecule has 34 heavy (non-hydrogen) atoms. The van der Waals surface area contributed by atoms with Crippen molar-refractivity contribution in [2.75, 3.05) is 12.4 Å². The molecule has 3 aromatic carbocycles. The van der Waals surface area contributed by atoms with E-state index in [1.54, 1.807) is 22.9 Å². The molecule has 1 aliphatic rings. The highest BCUT2D eigenvalue weighted by molar-refractivity contribution is 6.04. The first-order chi connectivity index (χ1) is 16.5. The highest BCUT2D eigenvalue weighted by atomic mass is 16.5. The number of carbonyl (C=O) groups is 2. The Labute approximate surface area is 195 Å². The van der Waals surface area contributed by atoms with Gasteiger partial charge in [-0.25, -0.2) is 9.48 Å². The fourth-order valence-corrected chi connectivity index (χ4v) is 4.01. The number of esters is 1. The van der Waals surface area contributed by atoms with Crippen LogP contribution in [0.25, 0.3) is 11.3 Å². The summed E-state index contributed by atoms with van der Waals surface area (Å²) in [6.45, 7) is 0.509. The predicted octanol–water partition coefficient (Wildman–Crippen LogP) is 4.53. The quantitative estimate of drug-likeness (QED) is 0.429. The molecule has 8 nitrogen and oxygen atoms in total. The molecule has 1 aliphatic heterocycles. The van der Waals surface area contributed by atoms with Crippen molar-refractivity contribution in [2.24, 2.45) is 5.73 Å². The number of nitrogens with two attached hydrogens (primary N) is 1. The van der Waals surface area contributed by atoms with Crippen molar-refractivity contribution in [1.82, 2.24) is 9.78 Å². The van der Waals surface area contributed by atoms with Crippen LogP contribution < -0.4 is 15.8 Å². The second-order valence-electron chi connectivity index (χ2n) is 7.84. The van der Waals surface area contributed by atoms with Crippen molar-refractivity contribution in [3.8, 4) is 22.8 Å². The molecule has 0 saturated heterocycles. The molecular weight excluding hydrogens is 432 g/mol. The maximum atomic E-state index is 12.5. The number of aryl methyl sites for hydroxylation is 2. The average Bonchev–Trinajstić information content (AvgIpc) is 3.12. The van der Waals surface area contributed by atoms with Crippen molar-refractivity contribution < 1.29 is 19.1 Å². The summed E-state index contributed by atoms with van der Waals surface area (Å²) in [6.07, 6.45) is 0.614. The minimum atomic E-state index is -0.581. The first-order valence-electron chi connectivity index (χ1n) is 10.8. The number of nitrogens with zero attached hydrogens (tertiary/aromatic N) is 2. The zero-order valence-electron chi connectivity index (χ0n) is 18.4. The summed E-state index contributed by atoms with van der Waals surface area (Å²) < 4.78 is 12.4. The number of benzene rings is 3. The Morgan fingerprint density at radius 3 is 2.44 bits per heavy atom. The van der Waals surface area contributed by atoms with E-state index in [1.807, 2.05) is 54.6 Å². The van der Waals surface area contributed by atoms with Crippen LogP contribution in [0.2, 0.25) is 0 Å². The second kappa shape index (κ2) is 8.74. The van der Waals surface area contributed by atoms with E-state index in [-0.39, 0.29) is 0 Å². The summed E-state index contributed by atoms with van der Waals surface area (Å²) in [5.74, 6) is 0.953. The molecule has 4 aromatic rings. The molecule has 0 aliphatic carbocycles. The molecule has 3 N–H and O–H groups in total. The molecule has 0 radical (unpaired) electrons. The summed E-state index contributed by atoms with van der Waals surface area (Å²) in [6, 6.07) is 22.1. The number of para-hydroxylation sites is 1. The van der Waals surface area contributed by atoms with Gasteiger partial charge < -0.3 is 20.5 Å². The van der Waals surface area contributed by atoms with Gasteiger partial charge >= 0.3 is 5.97 Å². The lowest BCUT2D eigenvalue weighted by Gasteiger charge is -2.10. The smallest absolute Gasteiger partial charge is 0.337 e. The molecule has 8 heteroatoms. The van der Waals surface area contributed by atoms with Crippen LogP contribution in [-0.4, -0.2) is 28.8 Å². The molecule has 1 amide bonds. The predicted molar refractivity (Wildman–Crippen MR) is 127 cm³/mol. The zero-order chi connectivity index (χ0) is 23.7. The van der Waals surface area contributed by atoms with Crippen molar-refractivity contribution in [3.05, 3.63) is 89.5 Å². The summed E-state index contributed by atoms with van der Waals surface area (Å²) in [7, 11) is 1.35. The number of ether oxygens (including phenoxy) is 2. The Bertz CT molecular complexity index is 1380. The van der Waals surface area contributed by atoms with Gasteiger partial charge in [-0.15, -0.1) is 0 Å². The summed E-state index contributed by atoms with van der Waals surface area (Å²) in [5, 5.41) is 7.99. The normalized spacial score (nSPS) is 12.0. The molecule has 2 heterocycles. The van der Waals surface area contributed by atoms with E-state index in [2.05, 4.69) is 5.32 Å². The van der Waals surface area contributed by atoms with Gasteiger partial charge in [0.2, 0.25) is 0 Å². The number of methoxy groups -OCH3 is 1. The van der Waals surface area contributed by atoms with Gasteiger partial charge in [0.05, 0.1) is 12.7 Å². The number of anilines is 2. The Morgan fingerprint density at radius 1 is 1.00 bits per heavy atom. The number of carbonyl (C=O) groups excluding carboxylic acids is 2. The van der Waals surface area contributed by atoms with Gasteiger partial charge in [0.15, 0.2) is 0 Å². The van der Waals surface area contributed by atoms with Crippen molar-refractivity contribution in [2.45, 2.75) is 13.0 Å². The highest BCUT2D eigenvalue weighted by Crippen LogP contribution is 2.35. The van der Waals surface area contributed by atoms with Gasteiger partial charge in [-0.05, 0) is 66.6 Å². The van der Waals surface area contributed by atoms with Crippen molar-refractivity contribution in [3.63, 3.8) is 0 Å². The first kappa shape index (κ1) is 21.3. The highest BCUT2D eigenvalue weighted by Gasteiger charge is 2.26. The minimum Gasteiger partial charge on any atom is -0.465 e. The minimum absolute atomic E-state index is 0.307. The molecule has 5 rings (SSSR count). The lowest BCUT2D eigenvalue weighted by atomic mass is 10.0. The van der Waals surface area contributed by atoms with E-state index in [0.717, 1.165) is 22.6 Å². The van der Waals surface area contributed by atoms with Crippen LogP contribution in [0, 0.1) is 0 Å². The van der Waals surface area contributed by atoms with Gasteiger partial charge in [-0.2, -0.15) is 5.10 Å². The van der Waals surface area contributed by atoms with Crippen LogP contribution in [-0.2, 0) is 17.7 Å². The average molecular weight is 454 g/mol. The lowest BCUT2D eigenvalue weighted by Crippen LogP contribution is -2.14. The zero-order valence-corrected chi connectivity index (χ0v) is 18.4. The third-order valence-corrected chi connectivity index (χ3v) is 5.68. The molecule has 0 unspecified atom stereocenters. The van der Waals surface area contributed by atoms with Crippen LogP contribution in [0.1, 0.15) is 26.3 Å². The largest absolute Gasteiger partial charge is 0.465 e. The number of nitrogens with one attached hydrogen (secondary N) is 1. The number of hydrogen-bond donors (Lipinski definition) is 2. The number of amides is 1. The molecule has 170 valence electrons. The van der Waals surface area contributed by atoms with Crippen LogP contribution >= 0.6 is 0 Å². The summed E-state index contributed by atoms with van der Waals surface area (Å²) in [5.41, 5.74) is 9.52. The molecule has 1 aromatic heterocycles. The Morgan fingerprint density at radius 2 is 1.74 bits per heavy atom. The second-order valence-corrected chi connectivity index (χ2v) is 7.84. The van der Waals surface area contributed by atoms with Crippen LogP contribution in [0.3, 0.4) is 0 Å². The number of aromatic nitrogens is 2. The van der Waals surface area contributed by atoms with Crippen LogP contribution in [0.15, 0.2) is 72.8 Å². The number of primary amides is 1. The van der Waals surface area contributed by atoms with Gasteiger partial charge in [-0.3, -0.25) is 4.79 Å². The molecule has 0 fully saturated rings. The fraction of sp³-hybridized carbons (Fsp3) is 0.115. The van der Waals surface area contributed by atoms with Crippen LogP contribution in [0.5, 0.6) is 11.5 Å². The van der Waals surface area contributed by atoms with Crippen LogP contribution in [0.4, 0.5) is 11.5 Å². The standard InChI is InChI=1S/C26H22N4O4/c1-33-26(32)18-9-12-21-17(15-18)13-14-30-25(28-21)22(24(27)31)23(29-30)16-7-10-20(11-8-16)34-19-5-3-2-4-6-19/h2-12,15,28H,13-14H2,1H3,(H2,27,31). The maximum absolute atomic E-state index is 12.5. The van der Waals surface area contributed by atoms with E-state index >= 15 is 0 Å². The van der Waals surface area contributed by atoms with E-state index < -0.39 is 11.9 Å². The van der Waals surface area contributed by atoms with Crippen molar-refractivity contribution >= 4 is 23.4 Å². The SMILES string of the molecule is COC(=O)c1ccc2c(c1)CCn1nc(-c3ccc(Oc4ccccc4)cc3)c(C(N)=O)c1N2. The Balaban J connectivity index is 1.48. The third kappa shape index (κ3) is 3.97. The number of rotatable bonds is 5. The topological polar surface area (TPSA) is 108 Å². The van der Waals surface area contributed by atoms with E-state index in [1.165, 1.54) is 7.11 Å². The Kier molecular flexibility index (Phi) is 5.47. The lowest BCUT2D eigenvalue weighted by molar-refractivity contribution is 0.0600. The van der Waals surface area contributed by atoms with Gasteiger partial charge in [-0.1, -0.05) is 18.2 Å². The number of fused-ring (bicyclic) bond motifs is 2. The van der Waals surface area contributed by atoms with E-state index in [9.17, 15) is 9.59 Å². The Hall–Kier alpha value is -4.59. The molecule has 0 saturated carbocycles. The third-order valence-electron chi connectivity index (χ3n) is 5.68. The summed E-state index contributed by atoms with van der Waals surface area (Å²) in [4.78, 5) is 24.4. The van der Waals surface area contributed by atoms with Gasteiger partial charge in [0.25, 0.3) is 5.91 Å². The van der Waals surface area contributed by atoms with E-state index in [4.69, 9.17) is 20.3 Å². The monoisotopic (exact) mass is 454 g/mol. The summed E-state index contributed by atoms with van der Waals surface area (Å²) >= 11 is 0. The van der Waals surface area contributed by atoms with E-state index in [0.29, 0.717) is 41.4 Å². The number of hydrogen-bond acceptors (Lipinski definition) is 6. The molecular formula is C26H22N4O4. The van der Waals surface area contributed by atoms with Crippen molar-refractivity contribution in [1.29, 1.82) is 0 Å².